The minimum atomic E-state index is 0.147. The number of aromatic amines is 1. The Morgan fingerprint density at radius 3 is 2.60 bits per heavy atom. The first-order valence-corrected chi connectivity index (χ1v) is 9.62. The van der Waals surface area contributed by atoms with Gasteiger partial charge in [-0.1, -0.05) is 18.2 Å². The average molecular weight is 335 g/mol. The third kappa shape index (κ3) is 2.55. The molecule has 2 N–H and O–H groups in total. The molecule has 2 aliphatic carbocycles. The molecular weight excluding hydrogens is 310 g/mol. The first-order valence-electron chi connectivity index (χ1n) is 9.62. The lowest BCUT2D eigenvalue weighted by Crippen LogP contribution is -2.43. The smallest absolute Gasteiger partial charge is 0.251 e. The summed E-state index contributed by atoms with van der Waals surface area (Å²) in [6.07, 6.45) is 5.37. The number of nitrogens with one attached hydrogen (secondary N) is 2. The Kier molecular flexibility index (Phi) is 3.75. The summed E-state index contributed by atoms with van der Waals surface area (Å²) < 4.78 is 0. The van der Waals surface area contributed by atoms with Gasteiger partial charge < -0.3 is 10.3 Å². The van der Waals surface area contributed by atoms with Gasteiger partial charge in [0.2, 0.25) is 0 Å². The van der Waals surface area contributed by atoms with Gasteiger partial charge in [-0.15, -0.1) is 0 Å². The van der Waals surface area contributed by atoms with E-state index >= 15 is 0 Å². The highest BCUT2D eigenvalue weighted by molar-refractivity contribution is 5.76. The van der Waals surface area contributed by atoms with Crippen LogP contribution in [0.5, 0.6) is 0 Å². The van der Waals surface area contributed by atoms with Crippen molar-refractivity contribution in [2.75, 3.05) is 26.2 Å². The first-order chi connectivity index (χ1) is 12.3. The van der Waals surface area contributed by atoms with Gasteiger partial charge in [0.15, 0.2) is 0 Å². The molecule has 1 aromatic heterocycles. The number of nitrogens with zero attached hydrogens (tertiary/aromatic N) is 1. The van der Waals surface area contributed by atoms with Crippen LogP contribution < -0.4 is 10.9 Å². The highest BCUT2D eigenvalue weighted by atomic mass is 16.1. The molecule has 0 atom stereocenters. The summed E-state index contributed by atoms with van der Waals surface area (Å²) in [5.41, 5.74) is 9.18. The summed E-state index contributed by atoms with van der Waals surface area (Å²) in [5.74, 6) is 0. The molecule has 0 bridgehead atoms. The first kappa shape index (κ1) is 15.4. The van der Waals surface area contributed by atoms with E-state index in [0.29, 0.717) is 0 Å². The molecule has 25 heavy (non-hydrogen) atoms. The van der Waals surface area contributed by atoms with E-state index in [-0.39, 0.29) is 5.56 Å². The fourth-order valence-electron chi connectivity index (χ4n) is 4.84. The zero-order valence-corrected chi connectivity index (χ0v) is 14.7. The molecule has 1 aliphatic heterocycles. The van der Waals surface area contributed by atoms with Gasteiger partial charge >= 0.3 is 0 Å². The highest BCUT2D eigenvalue weighted by Gasteiger charge is 2.28. The second-order valence-electron chi connectivity index (χ2n) is 7.62. The van der Waals surface area contributed by atoms with Crippen LogP contribution in [0.1, 0.15) is 40.7 Å². The Morgan fingerprint density at radius 2 is 1.76 bits per heavy atom. The van der Waals surface area contributed by atoms with Crippen LogP contribution in [-0.4, -0.2) is 36.1 Å². The minimum absolute atomic E-state index is 0.147. The van der Waals surface area contributed by atoms with Crippen molar-refractivity contribution in [2.45, 2.75) is 38.6 Å². The van der Waals surface area contributed by atoms with Crippen LogP contribution in [-0.2, 0) is 25.8 Å². The maximum absolute atomic E-state index is 12.6. The summed E-state index contributed by atoms with van der Waals surface area (Å²) in [4.78, 5) is 18.3. The molecule has 0 unspecified atom stereocenters. The molecule has 0 amide bonds. The van der Waals surface area contributed by atoms with Crippen LogP contribution in [0.4, 0.5) is 0 Å². The van der Waals surface area contributed by atoms with Crippen molar-refractivity contribution in [3.05, 3.63) is 56.4 Å². The van der Waals surface area contributed by atoms with E-state index in [4.69, 9.17) is 0 Å². The van der Waals surface area contributed by atoms with Crippen LogP contribution in [0.3, 0.4) is 0 Å². The van der Waals surface area contributed by atoms with Crippen molar-refractivity contribution in [1.29, 1.82) is 0 Å². The Morgan fingerprint density at radius 1 is 0.960 bits per heavy atom. The molecule has 2 aromatic rings. The van der Waals surface area contributed by atoms with Gasteiger partial charge in [-0.05, 0) is 47.9 Å². The molecule has 5 rings (SSSR count). The van der Waals surface area contributed by atoms with Gasteiger partial charge in [-0.3, -0.25) is 9.69 Å². The third-order valence-corrected chi connectivity index (χ3v) is 6.15. The molecule has 0 radical (unpaired) electrons. The number of hydrogen-bond donors (Lipinski definition) is 2. The van der Waals surface area contributed by atoms with E-state index in [0.717, 1.165) is 69.7 Å². The Labute approximate surface area is 148 Å². The van der Waals surface area contributed by atoms with Crippen LogP contribution in [0, 0.1) is 0 Å². The van der Waals surface area contributed by atoms with Gasteiger partial charge in [0.1, 0.15) is 0 Å². The number of pyridine rings is 1. The number of aromatic nitrogens is 1. The SMILES string of the molecule is O=c1[nH]c2c(c3c1CCCC3)Cc1c(CN3CCNCC3)cccc1-2. The number of H-pyrrole nitrogens is 1. The van der Waals surface area contributed by atoms with Crippen LogP contribution in [0.25, 0.3) is 11.3 Å². The fraction of sp³-hybridized carbons (Fsp3) is 0.476. The molecule has 4 nitrogen and oxygen atoms in total. The van der Waals surface area contributed by atoms with Crippen molar-refractivity contribution < 1.29 is 0 Å². The zero-order chi connectivity index (χ0) is 16.8. The molecule has 0 saturated carbocycles. The zero-order valence-electron chi connectivity index (χ0n) is 14.7. The summed E-state index contributed by atoms with van der Waals surface area (Å²) >= 11 is 0. The van der Waals surface area contributed by atoms with Gasteiger partial charge in [0.05, 0.1) is 5.69 Å². The number of rotatable bonds is 2. The number of benzene rings is 1. The summed E-state index contributed by atoms with van der Waals surface area (Å²) in [7, 11) is 0. The van der Waals surface area contributed by atoms with Crippen LogP contribution in [0.15, 0.2) is 23.0 Å². The van der Waals surface area contributed by atoms with Gasteiger partial charge in [0.25, 0.3) is 5.56 Å². The molecule has 1 saturated heterocycles. The maximum Gasteiger partial charge on any atom is 0.251 e. The predicted molar refractivity (Wildman–Crippen MR) is 100 cm³/mol. The van der Waals surface area contributed by atoms with Crippen LogP contribution in [0.2, 0.25) is 0 Å². The lowest BCUT2D eigenvalue weighted by Gasteiger charge is -2.28. The van der Waals surface area contributed by atoms with Crippen molar-refractivity contribution in [1.82, 2.24) is 15.2 Å². The maximum atomic E-state index is 12.6. The normalized spacial score (nSPS) is 19.4. The second-order valence-corrected chi connectivity index (χ2v) is 7.62. The Bertz CT molecular complexity index is 877. The van der Waals surface area contributed by atoms with Crippen LogP contribution >= 0.6 is 0 Å². The molecule has 4 heteroatoms. The predicted octanol–water partition coefficient (Wildman–Crippen LogP) is 2.23. The van der Waals surface area contributed by atoms with Crippen molar-refractivity contribution >= 4 is 0 Å². The number of hydrogen-bond acceptors (Lipinski definition) is 3. The average Bonchev–Trinajstić information content (AvgIpc) is 3.03. The monoisotopic (exact) mass is 335 g/mol. The molecule has 130 valence electrons. The van der Waals surface area contributed by atoms with Crippen molar-refractivity contribution in [3.8, 4) is 11.3 Å². The third-order valence-electron chi connectivity index (χ3n) is 6.15. The second kappa shape index (κ2) is 6.11. The molecule has 2 heterocycles. The topological polar surface area (TPSA) is 48.1 Å². The molecule has 1 fully saturated rings. The van der Waals surface area contributed by atoms with E-state index in [2.05, 4.69) is 33.4 Å². The van der Waals surface area contributed by atoms with E-state index in [1.807, 2.05) is 0 Å². The summed E-state index contributed by atoms with van der Waals surface area (Å²) in [6.45, 7) is 5.41. The van der Waals surface area contributed by atoms with Crippen molar-refractivity contribution in [3.63, 3.8) is 0 Å². The summed E-state index contributed by atoms with van der Waals surface area (Å²) in [5, 5.41) is 3.43. The lowest BCUT2D eigenvalue weighted by atomic mass is 9.88. The van der Waals surface area contributed by atoms with Gasteiger partial charge in [-0.2, -0.15) is 0 Å². The quantitative estimate of drug-likeness (QED) is 0.755. The summed E-state index contributed by atoms with van der Waals surface area (Å²) in [6, 6.07) is 6.62. The molecule has 3 aliphatic rings. The van der Waals surface area contributed by atoms with E-state index in [1.165, 1.54) is 34.2 Å². The van der Waals surface area contributed by atoms with E-state index in [9.17, 15) is 4.79 Å². The van der Waals surface area contributed by atoms with E-state index in [1.54, 1.807) is 0 Å². The van der Waals surface area contributed by atoms with Crippen molar-refractivity contribution in [2.24, 2.45) is 0 Å². The standard InChI is InChI=1S/C21H25N3O/c25-21-17-6-2-1-5-15(17)19-12-18-14(13-24-10-8-22-9-11-24)4-3-7-16(18)20(19)23-21/h3-4,7,22H,1-2,5-6,8-13H2,(H,23,25). The largest absolute Gasteiger partial charge is 0.321 e. The number of fused-ring (bicyclic) bond motifs is 5. The van der Waals surface area contributed by atoms with E-state index < -0.39 is 0 Å². The number of piperazine rings is 1. The van der Waals surface area contributed by atoms with Gasteiger partial charge in [-0.25, -0.2) is 0 Å². The van der Waals surface area contributed by atoms with Gasteiger partial charge in [0, 0.05) is 50.3 Å². The minimum Gasteiger partial charge on any atom is -0.321 e. The molecule has 0 spiro atoms. The fourth-order valence-corrected chi connectivity index (χ4v) is 4.84. The lowest BCUT2D eigenvalue weighted by molar-refractivity contribution is 0.233. The Hall–Kier alpha value is -1.91. The highest BCUT2D eigenvalue weighted by Crippen LogP contribution is 2.40. The molecule has 1 aromatic carbocycles. The molecular formula is C21H25N3O. The Balaban J connectivity index is 1.56.